The molecule has 2 fully saturated rings. The molecule has 7 nitrogen and oxygen atoms in total. The molecular weight excluding hydrogens is 423 g/mol. The van der Waals surface area contributed by atoms with Gasteiger partial charge in [-0.1, -0.05) is 0 Å². The van der Waals surface area contributed by atoms with Crippen molar-refractivity contribution in [1.82, 2.24) is 24.8 Å². The van der Waals surface area contributed by atoms with Crippen molar-refractivity contribution < 1.29 is 22.7 Å². The molecule has 3 aromatic heterocycles. The van der Waals surface area contributed by atoms with Crippen LogP contribution in [0, 0.1) is 5.92 Å². The molecule has 0 unspecified atom stereocenters. The molecule has 0 radical (unpaired) electrons. The zero-order chi connectivity index (χ0) is 22.3. The zero-order valence-corrected chi connectivity index (χ0v) is 16.7. The third kappa shape index (κ3) is 3.76. The fraction of sp³-hybridized carbons (Fsp3) is 0.318. The van der Waals surface area contributed by atoms with Crippen LogP contribution in [0.25, 0.3) is 11.4 Å². The maximum Gasteiger partial charge on any atom is 0.417 e. The summed E-state index contributed by atoms with van der Waals surface area (Å²) in [4.78, 5) is 31.7. The Bertz CT molecular complexity index is 1120. The molecule has 1 amide bonds. The van der Waals surface area contributed by atoms with Crippen molar-refractivity contribution in [2.75, 3.05) is 6.54 Å². The van der Waals surface area contributed by atoms with Gasteiger partial charge in [0.15, 0.2) is 5.82 Å². The molecule has 0 spiro atoms. The first kappa shape index (κ1) is 20.3. The smallest absolute Gasteiger partial charge is 0.417 e. The summed E-state index contributed by atoms with van der Waals surface area (Å²) in [5, 5.41) is 0. The van der Waals surface area contributed by atoms with Gasteiger partial charge in [-0.3, -0.25) is 9.78 Å². The number of aromatic nitrogens is 4. The van der Waals surface area contributed by atoms with Crippen molar-refractivity contribution in [3.63, 3.8) is 0 Å². The molecule has 1 aliphatic carbocycles. The number of ether oxygens (including phenoxy) is 1. The Morgan fingerprint density at radius 3 is 2.47 bits per heavy atom. The van der Waals surface area contributed by atoms with Crippen LogP contribution < -0.4 is 4.74 Å². The Kier molecular flexibility index (Phi) is 4.99. The fourth-order valence-corrected chi connectivity index (χ4v) is 4.43. The summed E-state index contributed by atoms with van der Waals surface area (Å²) < 4.78 is 44.2. The van der Waals surface area contributed by atoms with Gasteiger partial charge in [-0.2, -0.15) is 13.2 Å². The van der Waals surface area contributed by atoms with E-state index in [0.29, 0.717) is 24.4 Å². The van der Waals surface area contributed by atoms with E-state index in [1.54, 1.807) is 41.7 Å². The van der Waals surface area contributed by atoms with Crippen molar-refractivity contribution in [3.8, 4) is 17.3 Å². The van der Waals surface area contributed by atoms with E-state index in [1.807, 2.05) is 0 Å². The predicted octanol–water partition coefficient (Wildman–Crippen LogP) is 3.63. The number of pyridine rings is 2. The van der Waals surface area contributed by atoms with Crippen molar-refractivity contribution in [3.05, 3.63) is 66.4 Å². The normalized spacial score (nSPS) is 22.2. The molecule has 2 aliphatic rings. The third-order valence-electron chi connectivity index (χ3n) is 5.84. The van der Waals surface area contributed by atoms with Gasteiger partial charge in [0.25, 0.3) is 5.91 Å². The highest BCUT2D eigenvalue weighted by atomic mass is 19.4. The molecule has 164 valence electrons. The van der Waals surface area contributed by atoms with E-state index in [9.17, 15) is 18.0 Å². The fourth-order valence-electron chi connectivity index (χ4n) is 4.43. The van der Waals surface area contributed by atoms with E-state index in [0.717, 1.165) is 18.7 Å². The van der Waals surface area contributed by atoms with E-state index >= 15 is 0 Å². The lowest BCUT2D eigenvalue weighted by molar-refractivity contribution is -0.137. The minimum Gasteiger partial charge on any atom is -0.472 e. The number of carbonyl (C=O) groups is 1. The zero-order valence-electron chi connectivity index (χ0n) is 16.7. The second-order valence-corrected chi connectivity index (χ2v) is 7.87. The van der Waals surface area contributed by atoms with Gasteiger partial charge >= 0.3 is 6.18 Å². The van der Waals surface area contributed by atoms with E-state index in [1.165, 1.54) is 6.07 Å². The number of piperidine rings is 1. The number of nitrogens with zero attached hydrogens (tertiary/aromatic N) is 5. The Morgan fingerprint density at radius 2 is 1.78 bits per heavy atom. The lowest BCUT2D eigenvalue weighted by Crippen LogP contribution is -2.47. The number of hydrogen-bond donors (Lipinski definition) is 0. The molecule has 0 aromatic carbocycles. The maximum atomic E-state index is 13.4. The van der Waals surface area contributed by atoms with Crippen LogP contribution in [0.15, 0.2) is 55.1 Å². The van der Waals surface area contributed by atoms with Gasteiger partial charge in [0, 0.05) is 37.4 Å². The van der Waals surface area contributed by atoms with Gasteiger partial charge in [0.1, 0.15) is 11.8 Å². The molecule has 0 N–H and O–H groups in total. The molecule has 3 atom stereocenters. The van der Waals surface area contributed by atoms with Crippen LogP contribution in [0.3, 0.4) is 0 Å². The monoisotopic (exact) mass is 441 g/mol. The number of carbonyl (C=O) groups excluding carboxylic acids is 1. The first-order valence-electron chi connectivity index (χ1n) is 10.1. The van der Waals surface area contributed by atoms with Gasteiger partial charge in [-0.15, -0.1) is 0 Å². The number of halogens is 3. The summed E-state index contributed by atoms with van der Waals surface area (Å²) in [6, 6.07) is 7.12. The minimum absolute atomic E-state index is 0.110. The summed E-state index contributed by atoms with van der Waals surface area (Å²) in [5.74, 6) is 0.534. The number of rotatable bonds is 4. The maximum absolute atomic E-state index is 13.4. The van der Waals surface area contributed by atoms with Crippen molar-refractivity contribution in [2.45, 2.75) is 31.2 Å². The largest absolute Gasteiger partial charge is 0.472 e. The Morgan fingerprint density at radius 1 is 1.00 bits per heavy atom. The molecule has 3 aromatic rings. The number of fused-ring (bicyclic) bond motifs is 2. The predicted molar refractivity (Wildman–Crippen MR) is 106 cm³/mol. The Hall–Kier alpha value is -3.56. The quantitative estimate of drug-likeness (QED) is 0.615. The van der Waals surface area contributed by atoms with Crippen LogP contribution in [0.2, 0.25) is 0 Å². The average Bonchev–Trinajstić information content (AvgIpc) is 3.40. The number of alkyl halides is 3. The van der Waals surface area contributed by atoms with Crippen molar-refractivity contribution >= 4 is 5.91 Å². The van der Waals surface area contributed by atoms with Crippen LogP contribution in [-0.2, 0) is 6.18 Å². The third-order valence-corrected chi connectivity index (χ3v) is 5.84. The Labute approximate surface area is 181 Å². The van der Waals surface area contributed by atoms with Crippen molar-refractivity contribution in [1.29, 1.82) is 0 Å². The summed E-state index contributed by atoms with van der Waals surface area (Å²) in [6.45, 7) is 0.579. The van der Waals surface area contributed by atoms with Crippen LogP contribution in [0.1, 0.15) is 28.9 Å². The molecule has 2 bridgehead atoms. The van der Waals surface area contributed by atoms with Crippen LogP contribution >= 0.6 is 0 Å². The number of amides is 1. The summed E-state index contributed by atoms with van der Waals surface area (Å²) >= 11 is 0. The summed E-state index contributed by atoms with van der Waals surface area (Å²) in [7, 11) is 0. The van der Waals surface area contributed by atoms with Crippen LogP contribution in [-0.4, -0.2) is 49.4 Å². The molecule has 10 heteroatoms. The summed E-state index contributed by atoms with van der Waals surface area (Å²) in [5.41, 5.74) is -0.0270. The minimum atomic E-state index is -4.45. The highest BCUT2D eigenvalue weighted by molar-refractivity contribution is 5.98. The number of likely N-dealkylation sites (tertiary alicyclic amines) is 1. The molecular formula is C22H18F3N5O2. The number of hydrogen-bond acceptors (Lipinski definition) is 6. The topological polar surface area (TPSA) is 81.1 Å². The molecule has 5 rings (SSSR count). The highest BCUT2D eigenvalue weighted by Crippen LogP contribution is 2.41. The van der Waals surface area contributed by atoms with E-state index in [-0.39, 0.29) is 35.5 Å². The highest BCUT2D eigenvalue weighted by Gasteiger charge is 2.49. The second kappa shape index (κ2) is 7.85. The lowest BCUT2D eigenvalue weighted by atomic mass is 10.1. The molecule has 1 saturated heterocycles. The summed E-state index contributed by atoms with van der Waals surface area (Å²) in [6.07, 6.45) is 2.19. The van der Waals surface area contributed by atoms with Crippen molar-refractivity contribution in [2.24, 2.45) is 5.92 Å². The standard InChI is InChI=1S/C22H18F3N5O2/c23-22(24,25)14-4-5-18(29-11-14)32-17-10-13-9-16(17)30(12-13)21(31)19-15(3-1-6-26-19)20-27-7-2-8-28-20/h1-8,11,13,16-17H,9-10,12H2/t13-,16+,17-/m1/s1. The second-order valence-electron chi connectivity index (χ2n) is 7.87. The van der Waals surface area contributed by atoms with Crippen LogP contribution in [0.5, 0.6) is 5.88 Å². The lowest BCUT2D eigenvalue weighted by Gasteiger charge is -2.33. The van der Waals surface area contributed by atoms with E-state index in [2.05, 4.69) is 19.9 Å². The molecule has 32 heavy (non-hydrogen) atoms. The SMILES string of the molecule is O=C(c1ncccc1-c1ncccn1)N1C[C@H]2C[C@@H](Oc3ccc(C(F)(F)F)cn3)[C@@H]1C2. The first-order chi connectivity index (χ1) is 15.4. The average molecular weight is 441 g/mol. The van der Waals surface area contributed by atoms with E-state index < -0.39 is 11.7 Å². The molecule has 1 aliphatic heterocycles. The van der Waals surface area contributed by atoms with Crippen LogP contribution in [0.4, 0.5) is 13.2 Å². The molecule has 4 heterocycles. The first-order valence-corrected chi connectivity index (χ1v) is 10.1. The molecule has 1 saturated carbocycles. The van der Waals surface area contributed by atoms with Gasteiger partial charge in [0.05, 0.1) is 17.2 Å². The van der Waals surface area contributed by atoms with Gasteiger partial charge in [0.2, 0.25) is 5.88 Å². The Balaban J connectivity index is 1.35. The van der Waals surface area contributed by atoms with Gasteiger partial charge in [-0.05, 0) is 43.0 Å². The van der Waals surface area contributed by atoms with Gasteiger partial charge in [-0.25, -0.2) is 15.0 Å². The van der Waals surface area contributed by atoms with Gasteiger partial charge < -0.3 is 9.64 Å². The van der Waals surface area contributed by atoms with E-state index in [4.69, 9.17) is 4.74 Å².